The molecule has 2 amide bonds. The molecule has 0 radical (unpaired) electrons. The van der Waals surface area contributed by atoms with E-state index in [-0.39, 0.29) is 24.5 Å². The Labute approximate surface area is 190 Å². The monoisotopic (exact) mass is 465 g/mol. The Morgan fingerprint density at radius 2 is 1.65 bits per heavy atom. The fourth-order valence-corrected chi connectivity index (χ4v) is 4.88. The molecule has 2 aromatic rings. The number of carbonyl (C=O) groups is 2. The number of halogens is 2. The molecule has 0 spiro atoms. The molecule has 3 heterocycles. The van der Waals surface area contributed by atoms with Crippen LogP contribution in [0.5, 0.6) is 0 Å². The summed E-state index contributed by atoms with van der Waals surface area (Å²) in [7, 11) is 0. The number of aromatic nitrogens is 3. The summed E-state index contributed by atoms with van der Waals surface area (Å²) in [5.74, 6) is 0.536. The van der Waals surface area contributed by atoms with Gasteiger partial charge in [-0.2, -0.15) is 0 Å². The first-order chi connectivity index (χ1) is 15.0. The van der Waals surface area contributed by atoms with Crippen molar-refractivity contribution in [2.45, 2.75) is 38.2 Å². The van der Waals surface area contributed by atoms with Crippen LogP contribution in [0.2, 0.25) is 10.0 Å². The lowest BCUT2D eigenvalue weighted by atomic mass is 9.91. The van der Waals surface area contributed by atoms with Gasteiger partial charge in [0.15, 0.2) is 0 Å². The van der Waals surface area contributed by atoms with E-state index in [0.717, 1.165) is 37.2 Å². The van der Waals surface area contributed by atoms with E-state index in [9.17, 15) is 9.59 Å². The van der Waals surface area contributed by atoms with Gasteiger partial charge in [0.1, 0.15) is 6.61 Å². The van der Waals surface area contributed by atoms with Crippen molar-refractivity contribution in [2.75, 3.05) is 26.2 Å². The number of nitrogens with zero attached hydrogens (tertiary/aromatic N) is 4. The van der Waals surface area contributed by atoms with Crippen molar-refractivity contribution in [3.05, 3.63) is 45.7 Å². The lowest BCUT2D eigenvalue weighted by molar-refractivity contribution is -0.138. The second-order valence-corrected chi connectivity index (χ2v) is 8.98. The predicted molar refractivity (Wildman–Crippen MR) is 116 cm³/mol. The Morgan fingerprint density at radius 3 is 2.26 bits per heavy atom. The Kier molecular flexibility index (Phi) is 6.97. The number of rotatable bonds is 4. The minimum absolute atomic E-state index is 0.0406. The highest BCUT2D eigenvalue weighted by Gasteiger charge is 2.33. The smallest absolute Gasteiger partial charge is 0.410 e. The van der Waals surface area contributed by atoms with Crippen molar-refractivity contribution in [1.29, 1.82) is 0 Å². The fraction of sp³-hybridized carbons (Fsp3) is 0.524. The lowest BCUT2D eigenvalue weighted by Crippen LogP contribution is -2.46. The van der Waals surface area contributed by atoms with Gasteiger partial charge in [0.2, 0.25) is 5.91 Å². The van der Waals surface area contributed by atoms with E-state index in [2.05, 4.69) is 15.4 Å². The molecule has 0 unspecified atom stereocenters. The SMILES string of the molecule is O=C(OCc1cc(Cl)cc(Cl)c1)N1CCC(C(=O)N2CCC(c3cnn[nH]3)CC2)CC1. The van der Waals surface area contributed by atoms with Crippen LogP contribution in [0.15, 0.2) is 24.4 Å². The minimum atomic E-state index is -0.379. The van der Waals surface area contributed by atoms with Crippen molar-refractivity contribution in [3.8, 4) is 0 Å². The zero-order valence-electron chi connectivity index (χ0n) is 17.1. The Morgan fingerprint density at radius 1 is 1.00 bits per heavy atom. The minimum Gasteiger partial charge on any atom is -0.445 e. The number of hydrogen-bond donors (Lipinski definition) is 1. The highest BCUT2D eigenvalue weighted by Crippen LogP contribution is 2.28. The first-order valence-corrected chi connectivity index (χ1v) is 11.3. The molecule has 10 heteroatoms. The average molecular weight is 466 g/mol. The third-order valence-electron chi connectivity index (χ3n) is 6.07. The Bertz CT molecular complexity index is 887. The summed E-state index contributed by atoms with van der Waals surface area (Å²) in [5.41, 5.74) is 1.78. The molecule has 2 aliphatic heterocycles. The van der Waals surface area contributed by atoms with Crippen LogP contribution in [0, 0.1) is 5.92 Å². The maximum Gasteiger partial charge on any atom is 0.410 e. The van der Waals surface area contributed by atoms with Gasteiger partial charge in [0.05, 0.1) is 11.9 Å². The summed E-state index contributed by atoms with van der Waals surface area (Å²) in [6.07, 6.45) is 4.51. The zero-order chi connectivity index (χ0) is 21.8. The third kappa shape index (κ3) is 5.49. The fourth-order valence-electron chi connectivity index (χ4n) is 4.31. The number of amides is 2. The number of likely N-dealkylation sites (tertiary alicyclic amines) is 2. The summed E-state index contributed by atoms with van der Waals surface area (Å²) in [6, 6.07) is 5.07. The van der Waals surface area contributed by atoms with Crippen LogP contribution in [0.3, 0.4) is 0 Å². The number of aromatic amines is 1. The molecular weight excluding hydrogens is 441 g/mol. The van der Waals surface area contributed by atoms with Crippen LogP contribution in [-0.2, 0) is 16.1 Å². The summed E-state index contributed by atoms with van der Waals surface area (Å²) >= 11 is 12.0. The maximum atomic E-state index is 12.9. The molecular formula is C21H25Cl2N5O3. The van der Waals surface area contributed by atoms with Crippen molar-refractivity contribution in [2.24, 2.45) is 5.92 Å². The highest BCUT2D eigenvalue weighted by molar-refractivity contribution is 6.34. The molecule has 2 fully saturated rings. The van der Waals surface area contributed by atoms with Crippen LogP contribution in [0.1, 0.15) is 42.9 Å². The van der Waals surface area contributed by atoms with E-state index < -0.39 is 0 Å². The molecule has 0 bridgehead atoms. The molecule has 31 heavy (non-hydrogen) atoms. The van der Waals surface area contributed by atoms with Gasteiger partial charge >= 0.3 is 6.09 Å². The van der Waals surface area contributed by atoms with Gasteiger partial charge in [-0.25, -0.2) is 4.79 Å². The predicted octanol–water partition coefficient (Wildman–Crippen LogP) is 3.87. The van der Waals surface area contributed by atoms with E-state index in [0.29, 0.717) is 41.9 Å². The number of benzene rings is 1. The first kappa shape index (κ1) is 21.9. The van der Waals surface area contributed by atoms with Crippen LogP contribution in [-0.4, -0.2) is 63.4 Å². The second kappa shape index (κ2) is 9.87. The first-order valence-electron chi connectivity index (χ1n) is 10.5. The van der Waals surface area contributed by atoms with Crippen LogP contribution < -0.4 is 0 Å². The Hall–Kier alpha value is -2.32. The summed E-state index contributed by atoms with van der Waals surface area (Å²) in [5, 5.41) is 11.6. The number of carbonyl (C=O) groups excluding carboxylic acids is 2. The van der Waals surface area contributed by atoms with E-state index in [1.54, 1.807) is 29.3 Å². The molecule has 0 aliphatic carbocycles. The van der Waals surface area contributed by atoms with Gasteiger partial charge < -0.3 is 14.5 Å². The average Bonchev–Trinajstić information content (AvgIpc) is 3.32. The molecule has 166 valence electrons. The second-order valence-electron chi connectivity index (χ2n) is 8.10. The molecule has 2 saturated heterocycles. The molecule has 1 aromatic carbocycles. The highest BCUT2D eigenvalue weighted by atomic mass is 35.5. The molecule has 2 aliphatic rings. The van der Waals surface area contributed by atoms with E-state index in [4.69, 9.17) is 27.9 Å². The quantitative estimate of drug-likeness (QED) is 0.739. The van der Waals surface area contributed by atoms with E-state index in [1.165, 1.54) is 0 Å². The van der Waals surface area contributed by atoms with Gasteiger partial charge in [-0.1, -0.05) is 28.4 Å². The maximum absolute atomic E-state index is 12.9. The molecule has 1 N–H and O–H groups in total. The van der Waals surface area contributed by atoms with Gasteiger partial charge in [0.25, 0.3) is 0 Å². The van der Waals surface area contributed by atoms with Crippen LogP contribution in [0.4, 0.5) is 4.79 Å². The Balaban J connectivity index is 1.21. The lowest BCUT2D eigenvalue weighted by Gasteiger charge is -2.36. The van der Waals surface area contributed by atoms with Gasteiger partial charge in [0, 0.05) is 48.1 Å². The largest absolute Gasteiger partial charge is 0.445 e. The topological polar surface area (TPSA) is 91.4 Å². The van der Waals surface area contributed by atoms with Gasteiger partial charge in [-0.15, -0.1) is 5.10 Å². The van der Waals surface area contributed by atoms with E-state index in [1.807, 2.05) is 4.90 Å². The van der Waals surface area contributed by atoms with Crippen molar-refractivity contribution >= 4 is 35.2 Å². The third-order valence-corrected chi connectivity index (χ3v) is 6.50. The number of H-pyrrole nitrogens is 1. The van der Waals surface area contributed by atoms with Crippen LogP contribution in [0.25, 0.3) is 0 Å². The summed E-state index contributed by atoms with van der Waals surface area (Å²) in [4.78, 5) is 28.9. The van der Waals surface area contributed by atoms with Gasteiger partial charge in [-0.05, 0) is 49.4 Å². The molecule has 0 saturated carbocycles. The van der Waals surface area contributed by atoms with Crippen molar-refractivity contribution in [1.82, 2.24) is 25.2 Å². The standard InChI is InChI=1S/C21H25Cl2N5O3/c22-17-9-14(10-18(23)11-17)13-31-21(30)28-7-3-16(4-8-28)20(29)27-5-1-15(2-6-27)19-12-24-26-25-19/h9-12,15-16H,1-8,13H2,(H,24,25,26). The van der Waals surface area contributed by atoms with Crippen molar-refractivity contribution < 1.29 is 14.3 Å². The summed E-state index contributed by atoms with van der Waals surface area (Å²) < 4.78 is 5.40. The number of ether oxygens (including phenoxy) is 1. The molecule has 4 rings (SSSR count). The molecule has 1 aromatic heterocycles. The number of hydrogen-bond acceptors (Lipinski definition) is 5. The van der Waals surface area contributed by atoms with Crippen LogP contribution >= 0.6 is 23.2 Å². The normalized spacial score (nSPS) is 18.3. The van der Waals surface area contributed by atoms with E-state index >= 15 is 0 Å². The van der Waals surface area contributed by atoms with Gasteiger partial charge in [-0.3, -0.25) is 9.89 Å². The zero-order valence-corrected chi connectivity index (χ0v) is 18.6. The number of piperidine rings is 2. The molecule has 8 nitrogen and oxygen atoms in total. The van der Waals surface area contributed by atoms with Crippen molar-refractivity contribution in [3.63, 3.8) is 0 Å². The molecule has 0 atom stereocenters. The summed E-state index contributed by atoms with van der Waals surface area (Å²) in [6.45, 7) is 2.63. The number of nitrogens with one attached hydrogen (secondary N) is 1.